The van der Waals surface area contributed by atoms with Crippen LogP contribution in [0.4, 0.5) is 5.82 Å². The summed E-state index contributed by atoms with van der Waals surface area (Å²) in [6.45, 7) is -0.595. The molecule has 2 aromatic rings. The van der Waals surface area contributed by atoms with E-state index >= 15 is 0 Å². The summed E-state index contributed by atoms with van der Waals surface area (Å²) in [5, 5.41) is 37.8. The number of aliphatic hydroxyl groups excluding tert-OH is 2. The van der Waals surface area contributed by atoms with E-state index in [1.165, 1.54) is 10.9 Å². The fraction of sp³-hybridized carbons (Fsp3) is 0.462. The maximum absolute atomic E-state index is 10.8. The molecule has 1 aliphatic rings. The van der Waals surface area contributed by atoms with Gasteiger partial charge in [0, 0.05) is 0 Å². The smallest absolute Gasteiger partial charge is 0.344 e. The molecule has 2 aromatic heterocycles. The first kappa shape index (κ1) is 19.2. The third-order valence-corrected chi connectivity index (χ3v) is 4.08. The van der Waals surface area contributed by atoms with Crippen LogP contribution in [-0.4, -0.2) is 82.9 Å². The first-order valence-electron chi connectivity index (χ1n) is 7.45. The van der Waals surface area contributed by atoms with Crippen LogP contribution in [0.2, 0.25) is 5.28 Å². The minimum atomic E-state index is -2.14. The number of fused-ring (bicyclic) bond motifs is 1. The summed E-state index contributed by atoms with van der Waals surface area (Å²) in [7, 11) is 0. The normalized spacial score (nSPS) is 25.3. The van der Waals surface area contributed by atoms with E-state index in [1.807, 2.05) is 0 Å². The van der Waals surface area contributed by atoms with Crippen molar-refractivity contribution in [2.45, 2.75) is 30.6 Å². The van der Waals surface area contributed by atoms with Crippen molar-refractivity contribution in [3.05, 3.63) is 11.6 Å². The van der Waals surface area contributed by atoms with Crippen LogP contribution in [0.15, 0.2) is 6.33 Å². The Bertz CT molecular complexity index is 877. The Labute approximate surface area is 154 Å². The average molecular weight is 404 g/mol. The standard InChI is InChI=1S/C13H14ClN5O8/c14-13-17-8(15)4-9(18-13)19(2-16-4)10-6(21)5(20)3(27-10)1-26-7(11(22)23)12(24)25/h2-3,5-7,10,20-21H,1H2,(H,22,23)(H,24,25)(H2,15,17,18)/t3-,5+,6-,10-/m1/s1. The van der Waals surface area contributed by atoms with E-state index in [0.29, 0.717) is 0 Å². The van der Waals surface area contributed by atoms with Gasteiger partial charge in [-0.05, 0) is 11.6 Å². The Kier molecular flexibility index (Phi) is 5.12. The molecule has 146 valence electrons. The Morgan fingerprint density at radius 1 is 1.30 bits per heavy atom. The Morgan fingerprint density at radius 2 is 1.96 bits per heavy atom. The number of aliphatic hydroxyl groups is 2. The van der Waals surface area contributed by atoms with E-state index < -0.39 is 49.2 Å². The number of hydrogen-bond donors (Lipinski definition) is 5. The highest BCUT2D eigenvalue weighted by atomic mass is 35.5. The molecular formula is C13H14ClN5O8. The number of nitrogens with zero attached hydrogens (tertiary/aromatic N) is 4. The van der Waals surface area contributed by atoms with Gasteiger partial charge in [-0.15, -0.1) is 0 Å². The third kappa shape index (κ3) is 3.50. The zero-order chi connectivity index (χ0) is 19.9. The highest BCUT2D eigenvalue weighted by Gasteiger charge is 2.45. The number of imidazole rings is 1. The fourth-order valence-electron chi connectivity index (χ4n) is 2.63. The van der Waals surface area contributed by atoms with Crippen molar-refractivity contribution in [1.29, 1.82) is 0 Å². The molecule has 0 amide bonds. The molecule has 6 N–H and O–H groups in total. The molecule has 0 bridgehead atoms. The van der Waals surface area contributed by atoms with E-state index in [4.69, 9.17) is 37.0 Å². The van der Waals surface area contributed by atoms with E-state index in [9.17, 15) is 19.8 Å². The topological polar surface area (TPSA) is 203 Å². The molecule has 3 rings (SSSR count). The lowest BCUT2D eigenvalue weighted by Crippen LogP contribution is -2.39. The van der Waals surface area contributed by atoms with Gasteiger partial charge in [-0.2, -0.15) is 9.97 Å². The largest absolute Gasteiger partial charge is 0.479 e. The minimum Gasteiger partial charge on any atom is -0.479 e. The van der Waals surface area contributed by atoms with Gasteiger partial charge in [0.2, 0.25) is 5.28 Å². The SMILES string of the molecule is Nc1nc(Cl)nc2c1ncn2[C@@H]1O[C@H](COC(C(=O)O)C(=O)O)[C@H](O)[C@H]1O. The van der Waals surface area contributed by atoms with Gasteiger partial charge in [0.15, 0.2) is 17.7 Å². The fourth-order valence-corrected chi connectivity index (χ4v) is 2.80. The van der Waals surface area contributed by atoms with Crippen molar-refractivity contribution in [2.24, 2.45) is 0 Å². The lowest BCUT2D eigenvalue weighted by Gasteiger charge is -2.17. The first-order valence-corrected chi connectivity index (χ1v) is 7.83. The van der Waals surface area contributed by atoms with Crippen LogP contribution >= 0.6 is 11.6 Å². The van der Waals surface area contributed by atoms with E-state index in [2.05, 4.69) is 15.0 Å². The average Bonchev–Trinajstić information content (AvgIpc) is 3.10. The molecule has 0 unspecified atom stereocenters. The molecule has 0 saturated carbocycles. The predicted molar refractivity (Wildman–Crippen MR) is 85.7 cm³/mol. The lowest BCUT2D eigenvalue weighted by atomic mass is 10.1. The summed E-state index contributed by atoms with van der Waals surface area (Å²) < 4.78 is 11.5. The molecule has 0 aromatic carbocycles. The molecule has 0 radical (unpaired) electrons. The van der Waals surface area contributed by atoms with Crippen LogP contribution in [-0.2, 0) is 19.1 Å². The summed E-state index contributed by atoms with van der Waals surface area (Å²) in [5.74, 6) is -3.42. The summed E-state index contributed by atoms with van der Waals surface area (Å²) >= 11 is 5.77. The zero-order valence-electron chi connectivity index (χ0n) is 13.3. The number of aromatic nitrogens is 4. The summed E-state index contributed by atoms with van der Waals surface area (Å²) in [4.78, 5) is 33.4. The number of ether oxygens (including phenoxy) is 2. The summed E-state index contributed by atoms with van der Waals surface area (Å²) in [6.07, 6.45) is -6.26. The van der Waals surface area contributed by atoms with Crippen molar-refractivity contribution in [2.75, 3.05) is 12.3 Å². The number of nitrogen functional groups attached to an aromatic ring is 1. The van der Waals surface area contributed by atoms with E-state index in [1.54, 1.807) is 0 Å². The number of carbonyl (C=O) groups is 2. The van der Waals surface area contributed by atoms with Gasteiger partial charge < -0.3 is 35.6 Å². The molecule has 3 heterocycles. The second-order valence-electron chi connectivity index (χ2n) is 5.64. The number of carboxylic acids is 2. The molecule has 1 fully saturated rings. The molecule has 14 heteroatoms. The van der Waals surface area contributed by atoms with E-state index in [-0.39, 0.29) is 22.3 Å². The van der Waals surface area contributed by atoms with Crippen LogP contribution in [0.3, 0.4) is 0 Å². The maximum Gasteiger partial charge on any atom is 0.344 e. The number of nitrogens with two attached hydrogens (primary N) is 1. The Balaban J connectivity index is 1.81. The number of aliphatic carboxylic acids is 2. The molecular weight excluding hydrogens is 390 g/mol. The van der Waals surface area contributed by atoms with Gasteiger partial charge in [0.05, 0.1) is 12.9 Å². The molecule has 0 spiro atoms. The van der Waals surface area contributed by atoms with Crippen LogP contribution in [0, 0.1) is 0 Å². The van der Waals surface area contributed by atoms with Crippen molar-refractivity contribution in [1.82, 2.24) is 19.5 Å². The molecule has 1 saturated heterocycles. The molecule has 0 aliphatic carbocycles. The number of halogens is 1. The lowest BCUT2D eigenvalue weighted by molar-refractivity contribution is -0.170. The summed E-state index contributed by atoms with van der Waals surface area (Å²) in [6, 6.07) is 0. The second-order valence-corrected chi connectivity index (χ2v) is 5.98. The third-order valence-electron chi connectivity index (χ3n) is 3.91. The first-order chi connectivity index (χ1) is 12.7. The Morgan fingerprint density at radius 3 is 2.59 bits per heavy atom. The molecule has 1 aliphatic heterocycles. The van der Waals surface area contributed by atoms with Gasteiger partial charge >= 0.3 is 11.9 Å². The maximum atomic E-state index is 10.8. The summed E-state index contributed by atoms with van der Waals surface area (Å²) in [5.41, 5.74) is 6.03. The number of rotatable bonds is 6. The van der Waals surface area contributed by atoms with Crippen LogP contribution < -0.4 is 5.73 Å². The van der Waals surface area contributed by atoms with E-state index in [0.717, 1.165) is 0 Å². The van der Waals surface area contributed by atoms with Gasteiger partial charge in [-0.25, -0.2) is 14.6 Å². The molecule has 4 atom stereocenters. The predicted octanol–water partition coefficient (Wildman–Crippen LogP) is -1.76. The molecule has 13 nitrogen and oxygen atoms in total. The van der Waals surface area contributed by atoms with Crippen molar-refractivity contribution in [3.8, 4) is 0 Å². The van der Waals surface area contributed by atoms with Crippen LogP contribution in [0.25, 0.3) is 11.2 Å². The van der Waals surface area contributed by atoms with Crippen LogP contribution in [0.1, 0.15) is 6.23 Å². The van der Waals surface area contributed by atoms with Crippen molar-refractivity contribution < 1.29 is 39.5 Å². The van der Waals surface area contributed by atoms with Gasteiger partial charge in [-0.1, -0.05) is 0 Å². The highest BCUT2D eigenvalue weighted by Crippen LogP contribution is 2.32. The quantitative estimate of drug-likeness (QED) is 0.268. The monoisotopic (exact) mass is 403 g/mol. The number of hydrogen-bond acceptors (Lipinski definition) is 10. The number of anilines is 1. The minimum absolute atomic E-state index is 0.00225. The highest BCUT2D eigenvalue weighted by molar-refractivity contribution is 6.28. The number of carboxylic acid groups (broad SMARTS) is 2. The van der Waals surface area contributed by atoms with Gasteiger partial charge in [0.1, 0.15) is 23.8 Å². The zero-order valence-corrected chi connectivity index (χ0v) is 14.1. The van der Waals surface area contributed by atoms with Gasteiger partial charge in [0.25, 0.3) is 6.10 Å². The second kappa shape index (κ2) is 7.21. The van der Waals surface area contributed by atoms with Crippen molar-refractivity contribution in [3.63, 3.8) is 0 Å². The Hall–Kier alpha value is -2.58. The van der Waals surface area contributed by atoms with Crippen molar-refractivity contribution >= 4 is 40.5 Å². The van der Waals surface area contributed by atoms with Crippen LogP contribution in [0.5, 0.6) is 0 Å². The van der Waals surface area contributed by atoms with Gasteiger partial charge in [-0.3, -0.25) is 4.57 Å². The molecule has 27 heavy (non-hydrogen) atoms.